The molecule has 2 heterocycles. The van der Waals surface area contributed by atoms with Crippen molar-refractivity contribution >= 4 is 23.5 Å². The Morgan fingerprint density at radius 3 is 2.94 bits per heavy atom. The molecule has 0 radical (unpaired) electrons. The summed E-state index contributed by atoms with van der Waals surface area (Å²) < 4.78 is 0. The Kier molecular flexibility index (Phi) is 4.71. The Labute approximate surface area is 113 Å². The highest BCUT2D eigenvalue weighted by atomic mass is 32.2. The molecule has 0 aromatic heterocycles. The van der Waals surface area contributed by atoms with Crippen LogP contribution in [0.1, 0.15) is 46.0 Å². The lowest BCUT2D eigenvalue weighted by Gasteiger charge is -2.15. The van der Waals surface area contributed by atoms with Crippen LogP contribution < -0.4 is 5.32 Å². The number of carbonyl (C=O) groups is 2. The average Bonchev–Trinajstić information content (AvgIpc) is 2.84. The minimum Gasteiger partial charge on any atom is -0.352 e. The first-order valence-corrected chi connectivity index (χ1v) is 8.06. The van der Waals surface area contributed by atoms with Crippen molar-refractivity contribution in [3.05, 3.63) is 0 Å². The van der Waals surface area contributed by atoms with E-state index in [2.05, 4.69) is 5.32 Å². The van der Waals surface area contributed by atoms with Crippen molar-refractivity contribution in [3.63, 3.8) is 0 Å². The number of nitrogens with one attached hydrogen (secondary N) is 1. The molecule has 0 aliphatic carbocycles. The summed E-state index contributed by atoms with van der Waals surface area (Å²) in [7, 11) is 0. The van der Waals surface area contributed by atoms with E-state index in [-0.39, 0.29) is 11.8 Å². The minimum atomic E-state index is 0.173. The number of hydrogen-bond donors (Lipinski definition) is 1. The molecule has 0 spiro atoms. The predicted molar refractivity (Wildman–Crippen MR) is 74.6 cm³/mol. The van der Waals surface area contributed by atoms with E-state index in [1.165, 1.54) is 0 Å². The van der Waals surface area contributed by atoms with Crippen LogP contribution in [-0.2, 0) is 9.59 Å². The zero-order chi connectivity index (χ0) is 13.1. The van der Waals surface area contributed by atoms with Gasteiger partial charge in [-0.1, -0.05) is 20.3 Å². The van der Waals surface area contributed by atoms with Gasteiger partial charge in [-0.15, -0.1) is 0 Å². The third-order valence-electron chi connectivity index (χ3n) is 4.06. The van der Waals surface area contributed by atoms with Gasteiger partial charge in [0.2, 0.25) is 5.91 Å². The van der Waals surface area contributed by atoms with E-state index in [1.54, 1.807) is 0 Å². The topological polar surface area (TPSA) is 46.2 Å². The summed E-state index contributed by atoms with van der Waals surface area (Å²) in [4.78, 5) is 22.8. The highest BCUT2D eigenvalue weighted by molar-refractivity contribution is 8.00. The van der Waals surface area contributed by atoms with Crippen LogP contribution in [-0.4, -0.2) is 28.7 Å². The maximum absolute atomic E-state index is 11.5. The molecule has 2 aliphatic heterocycles. The van der Waals surface area contributed by atoms with Crippen LogP contribution in [0.5, 0.6) is 0 Å². The van der Waals surface area contributed by atoms with E-state index >= 15 is 0 Å². The maximum atomic E-state index is 11.5. The lowest BCUT2D eigenvalue weighted by Crippen LogP contribution is -2.29. The smallest absolute Gasteiger partial charge is 0.220 e. The molecule has 0 aromatic carbocycles. The van der Waals surface area contributed by atoms with Crippen LogP contribution >= 0.6 is 11.8 Å². The lowest BCUT2D eigenvalue weighted by atomic mass is 9.94. The van der Waals surface area contributed by atoms with Gasteiger partial charge in [0.25, 0.3) is 0 Å². The Morgan fingerprint density at radius 1 is 1.44 bits per heavy atom. The lowest BCUT2D eigenvalue weighted by molar-refractivity contribution is -0.122. The number of rotatable bonds is 6. The zero-order valence-corrected chi connectivity index (χ0v) is 12.1. The van der Waals surface area contributed by atoms with Crippen molar-refractivity contribution in [2.75, 3.05) is 5.75 Å². The number of unbranched alkanes of at least 4 members (excludes halogenated alkanes) is 1. The van der Waals surface area contributed by atoms with Gasteiger partial charge in [0, 0.05) is 41.7 Å². The molecule has 102 valence electrons. The SMILES string of the molecule is CC(C)C(=O)CCCC[C@@H]1SC[C@@H]2NC(=O)C[C@@H]21. The molecular weight excluding hydrogens is 246 g/mol. The highest BCUT2D eigenvalue weighted by Crippen LogP contribution is 2.40. The molecule has 2 saturated heterocycles. The van der Waals surface area contributed by atoms with Gasteiger partial charge in [-0.25, -0.2) is 0 Å². The van der Waals surface area contributed by atoms with E-state index in [4.69, 9.17) is 0 Å². The van der Waals surface area contributed by atoms with Crippen LogP contribution in [0.15, 0.2) is 0 Å². The van der Waals surface area contributed by atoms with E-state index in [0.717, 1.165) is 31.4 Å². The number of hydrogen-bond acceptors (Lipinski definition) is 3. The van der Waals surface area contributed by atoms with Gasteiger partial charge in [-0.05, 0) is 12.8 Å². The van der Waals surface area contributed by atoms with Crippen molar-refractivity contribution in [2.24, 2.45) is 11.8 Å². The van der Waals surface area contributed by atoms with Crippen molar-refractivity contribution in [3.8, 4) is 0 Å². The first-order valence-electron chi connectivity index (χ1n) is 7.01. The molecule has 0 saturated carbocycles. The normalized spacial score (nSPS) is 30.6. The standard InChI is InChI=1S/C14H23NO2S/c1-9(2)12(16)5-3-4-6-13-10-7-14(17)15-11(10)8-18-13/h9-11,13H,3-8H2,1-2H3,(H,15,17)/t10-,11-,13-/m0/s1. The molecule has 0 bridgehead atoms. The Bertz CT molecular complexity index is 330. The number of Topliss-reactive ketones (excluding diaryl/α,β-unsaturated/α-hetero) is 1. The summed E-state index contributed by atoms with van der Waals surface area (Å²) in [5.41, 5.74) is 0. The van der Waals surface area contributed by atoms with Gasteiger partial charge in [0.05, 0.1) is 0 Å². The Hall–Kier alpha value is -0.510. The molecule has 1 amide bonds. The number of carbonyl (C=O) groups excluding carboxylic acids is 2. The predicted octanol–water partition coefficient (Wildman–Crippen LogP) is 2.39. The summed E-state index contributed by atoms with van der Waals surface area (Å²) in [5, 5.41) is 3.68. The molecule has 0 aromatic rings. The molecule has 2 rings (SSSR count). The van der Waals surface area contributed by atoms with E-state index in [9.17, 15) is 9.59 Å². The Balaban J connectivity index is 1.66. The Morgan fingerprint density at radius 2 is 2.22 bits per heavy atom. The van der Waals surface area contributed by atoms with Gasteiger partial charge in [0.15, 0.2) is 0 Å². The first-order chi connectivity index (χ1) is 8.58. The van der Waals surface area contributed by atoms with Crippen LogP contribution in [0.4, 0.5) is 0 Å². The second-order valence-corrected chi connectivity index (χ2v) is 7.05. The molecule has 3 atom stereocenters. The molecule has 2 aliphatic rings. The van der Waals surface area contributed by atoms with Crippen LogP contribution in [0.25, 0.3) is 0 Å². The zero-order valence-electron chi connectivity index (χ0n) is 11.3. The summed E-state index contributed by atoms with van der Waals surface area (Å²) in [5.74, 6) is 2.40. The fraction of sp³-hybridized carbons (Fsp3) is 0.857. The molecule has 18 heavy (non-hydrogen) atoms. The van der Waals surface area contributed by atoms with Gasteiger partial charge in [-0.2, -0.15) is 11.8 Å². The summed E-state index contributed by atoms with van der Waals surface area (Å²) >= 11 is 2.00. The minimum absolute atomic E-state index is 0.173. The third kappa shape index (κ3) is 3.28. The number of amides is 1. The summed E-state index contributed by atoms with van der Waals surface area (Å²) in [6.45, 7) is 3.94. The fourth-order valence-electron chi connectivity index (χ4n) is 2.87. The summed E-state index contributed by atoms with van der Waals surface area (Å²) in [6.07, 6.45) is 4.72. The second-order valence-electron chi connectivity index (χ2n) is 5.78. The first kappa shape index (κ1) is 13.9. The number of ketones is 1. The monoisotopic (exact) mass is 269 g/mol. The van der Waals surface area contributed by atoms with Gasteiger partial charge < -0.3 is 5.32 Å². The molecule has 2 fully saturated rings. The van der Waals surface area contributed by atoms with Crippen molar-refractivity contribution in [2.45, 2.75) is 57.2 Å². The van der Waals surface area contributed by atoms with E-state index in [1.807, 2.05) is 25.6 Å². The molecule has 1 N–H and O–H groups in total. The van der Waals surface area contributed by atoms with Gasteiger partial charge >= 0.3 is 0 Å². The average molecular weight is 269 g/mol. The van der Waals surface area contributed by atoms with Crippen LogP contribution in [0.2, 0.25) is 0 Å². The molecule has 3 nitrogen and oxygen atoms in total. The second kappa shape index (κ2) is 6.09. The number of fused-ring (bicyclic) bond motifs is 1. The van der Waals surface area contributed by atoms with Crippen LogP contribution in [0, 0.1) is 11.8 Å². The van der Waals surface area contributed by atoms with Gasteiger partial charge in [-0.3, -0.25) is 9.59 Å². The fourth-order valence-corrected chi connectivity index (χ4v) is 4.52. The van der Waals surface area contributed by atoms with E-state index < -0.39 is 0 Å². The molecular formula is C14H23NO2S. The van der Waals surface area contributed by atoms with Crippen molar-refractivity contribution in [1.82, 2.24) is 5.32 Å². The van der Waals surface area contributed by atoms with E-state index in [0.29, 0.717) is 29.4 Å². The largest absolute Gasteiger partial charge is 0.352 e. The van der Waals surface area contributed by atoms with Crippen molar-refractivity contribution < 1.29 is 9.59 Å². The third-order valence-corrected chi connectivity index (χ3v) is 5.62. The summed E-state index contributed by atoms with van der Waals surface area (Å²) in [6, 6.07) is 0.421. The molecule has 0 unspecified atom stereocenters. The van der Waals surface area contributed by atoms with Crippen LogP contribution in [0.3, 0.4) is 0 Å². The number of thioether (sulfide) groups is 1. The molecule has 4 heteroatoms. The highest BCUT2D eigenvalue weighted by Gasteiger charge is 2.42. The maximum Gasteiger partial charge on any atom is 0.220 e. The van der Waals surface area contributed by atoms with Crippen molar-refractivity contribution in [1.29, 1.82) is 0 Å². The van der Waals surface area contributed by atoms with Gasteiger partial charge in [0.1, 0.15) is 5.78 Å². The quantitative estimate of drug-likeness (QED) is 0.753.